The molecule has 3 aromatic rings. The molecule has 0 fully saturated rings. The van der Waals surface area contributed by atoms with E-state index in [0.717, 1.165) is 29.1 Å². The quantitative estimate of drug-likeness (QED) is 0.718. The van der Waals surface area contributed by atoms with Crippen LogP contribution in [0, 0.1) is 0 Å². The molecule has 0 spiro atoms. The summed E-state index contributed by atoms with van der Waals surface area (Å²) in [5.41, 5.74) is 3.20. The van der Waals surface area contributed by atoms with Crippen LogP contribution in [-0.4, -0.2) is 26.7 Å². The molecule has 0 unspecified atom stereocenters. The maximum Gasteiger partial charge on any atom is 0.270 e. The molecule has 1 aliphatic heterocycles. The van der Waals surface area contributed by atoms with Gasteiger partial charge in [-0.1, -0.05) is 18.2 Å². The Morgan fingerprint density at radius 3 is 2.92 bits per heavy atom. The Kier molecular flexibility index (Phi) is 3.69. The van der Waals surface area contributed by atoms with Gasteiger partial charge in [-0.2, -0.15) is 5.10 Å². The second-order valence-corrected chi connectivity index (χ2v) is 7.15. The Labute approximate surface area is 144 Å². The molecule has 1 atom stereocenters. The Bertz CT molecular complexity index is 898. The summed E-state index contributed by atoms with van der Waals surface area (Å²) in [7, 11) is 1.87. The fourth-order valence-electron chi connectivity index (χ4n) is 3.15. The minimum absolute atomic E-state index is 0.0299. The van der Waals surface area contributed by atoms with Crippen molar-refractivity contribution in [3.05, 3.63) is 53.3 Å². The number of aryl methyl sites for hydroxylation is 2. The molecule has 0 saturated heterocycles. The van der Waals surface area contributed by atoms with Gasteiger partial charge in [-0.3, -0.25) is 9.48 Å². The zero-order valence-corrected chi connectivity index (χ0v) is 14.5. The lowest BCUT2D eigenvalue weighted by atomic mass is 9.96. The summed E-state index contributed by atoms with van der Waals surface area (Å²) in [6.07, 6.45) is 7.36. The molecule has 0 bridgehead atoms. The molecule has 5 nitrogen and oxygen atoms in total. The highest BCUT2D eigenvalue weighted by atomic mass is 32.1. The van der Waals surface area contributed by atoms with Crippen LogP contribution in [0.4, 0.5) is 5.69 Å². The molecule has 2 aromatic heterocycles. The van der Waals surface area contributed by atoms with E-state index in [2.05, 4.69) is 23.1 Å². The van der Waals surface area contributed by atoms with Crippen LogP contribution < -0.4 is 4.90 Å². The SMILES string of the molecule is C[C@H]1CCc2ccccc2N1C(=O)c1cnc(-c2cnn(C)c2)s1. The van der Waals surface area contributed by atoms with Crippen molar-refractivity contribution in [3.8, 4) is 10.6 Å². The molecule has 0 N–H and O–H groups in total. The first-order chi connectivity index (χ1) is 11.6. The van der Waals surface area contributed by atoms with Gasteiger partial charge in [-0.15, -0.1) is 11.3 Å². The van der Waals surface area contributed by atoms with E-state index in [-0.39, 0.29) is 11.9 Å². The van der Waals surface area contributed by atoms with Gasteiger partial charge in [-0.05, 0) is 31.4 Å². The highest BCUT2D eigenvalue weighted by molar-refractivity contribution is 7.17. The largest absolute Gasteiger partial charge is 0.305 e. The molecule has 24 heavy (non-hydrogen) atoms. The molecule has 1 aromatic carbocycles. The summed E-state index contributed by atoms with van der Waals surface area (Å²) in [4.78, 5) is 20.1. The minimum Gasteiger partial charge on any atom is -0.305 e. The smallest absolute Gasteiger partial charge is 0.270 e. The normalized spacial score (nSPS) is 16.9. The lowest BCUT2D eigenvalue weighted by Crippen LogP contribution is -2.41. The third-order valence-electron chi connectivity index (χ3n) is 4.41. The second kappa shape index (κ2) is 5.87. The van der Waals surface area contributed by atoms with E-state index in [1.165, 1.54) is 16.9 Å². The monoisotopic (exact) mass is 338 g/mol. The number of hydrogen-bond acceptors (Lipinski definition) is 4. The first kappa shape index (κ1) is 15.1. The number of fused-ring (bicyclic) bond motifs is 1. The predicted octanol–water partition coefficient (Wildman–Crippen LogP) is 3.53. The van der Waals surface area contributed by atoms with Crippen molar-refractivity contribution in [2.75, 3.05) is 4.90 Å². The number of rotatable bonds is 2. The average molecular weight is 338 g/mol. The number of carbonyl (C=O) groups excluding carboxylic acids is 1. The number of nitrogens with zero attached hydrogens (tertiary/aromatic N) is 4. The summed E-state index contributed by atoms with van der Waals surface area (Å²) >= 11 is 1.42. The van der Waals surface area contributed by atoms with Gasteiger partial charge in [-0.25, -0.2) is 4.98 Å². The molecule has 122 valence electrons. The van der Waals surface area contributed by atoms with Crippen LogP contribution in [-0.2, 0) is 13.5 Å². The Hall–Kier alpha value is -2.47. The van der Waals surface area contributed by atoms with Gasteiger partial charge in [0.1, 0.15) is 9.88 Å². The molecule has 6 heteroatoms. The molecule has 1 aliphatic rings. The van der Waals surface area contributed by atoms with Crippen molar-refractivity contribution >= 4 is 22.9 Å². The Balaban J connectivity index is 1.68. The summed E-state index contributed by atoms with van der Waals surface area (Å²) in [6.45, 7) is 2.11. The van der Waals surface area contributed by atoms with Crippen molar-refractivity contribution in [2.45, 2.75) is 25.8 Å². The first-order valence-corrected chi connectivity index (χ1v) is 8.81. The number of aromatic nitrogens is 3. The van der Waals surface area contributed by atoms with Gasteiger partial charge in [0.05, 0.1) is 12.4 Å². The average Bonchev–Trinajstić information content (AvgIpc) is 3.23. The fourth-order valence-corrected chi connectivity index (χ4v) is 3.98. The molecule has 0 saturated carbocycles. The second-order valence-electron chi connectivity index (χ2n) is 6.12. The molecular weight excluding hydrogens is 320 g/mol. The topological polar surface area (TPSA) is 51.0 Å². The van der Waals surface area contributed by atoms with E-state index in [1.54, 1.807) is 17.1 Å². The van der Waals surface area contributed by atoms with E-state index in [9.17, 15) is 4.79 Å². The van der Waals surface area contributed by atoms with Crippen LogP contribution in [0.2, 0.25) is 0 Å². The van der Waals surface area contributed by atoms with E-state index >= 15 is 0 Å². The number of anilines is 1. The maximum atomic E-state index is 13.1. The Morgan fingerprint density at radius 2 is 2.12 bits per heavy atom. The maximum absolute atomic E-state index is 13.1. The van der Waals surface area contributed by atoms with Gasteiger partial charge < -0.3 is 4.90 Å². The van der Waals surface area contributed by atoms with Crippen molar-refractivity contribution < 1.29 is 4.79 Å². The van der Waals surface area contributed by atoms with Gasteiger partial charge >= 0.3 is 0 Å². The molecular formula is C18H18N4OS. The van der Waals surface area contributed by atoms with E-state index in [1.807, 2.05) is 36.3 Å². The van der Waals surface area contributed by atoms with Crippen molar-refractivity contribution in [3.63, 3.8) is 0 Å². The van der Waals surface area contributed by atoms with Crippen LogP contribution in [0.1, 0.15) is 28.6 Å². The highest BCUT2D eigenvalue weighted by Crippen LogP contribution is 2.33. The van der Waals surface area contributed by atoms with E-state index in [0.29, 0.717) is 4.88 Å². The number of amides is 1. The molecule has 0 aliphatic carbocycles. The zero-order chi connectivity index (χ0) is 16.7. The van der Waals surface area contributed by atoms with Crippen LogP contribution in [0.15, 0.2) is 42.9 Å². The van der Waals surface area contributed by atoms with Gasteiger partial charge in [0.25, 0.3) is 5.91 Å². The van der Waals surface area contributed by atoms with Gasteiger partial charge in [0, 0.05) is 30.5 Å². The van der Waals surface area contributed by atoms with Crippen molar-refractivity contribution in [1.29, 1.82) is 0 Å². The van der Waals surface area contributed by atoms with Gasteiger partial charge in [0.2, 0.25) is 0 Å². The molecule has 4 rings (SSSR count). The van der Waals surface area contributed by atoms with Crippen molar-refractivity contribution in [2.24, 2.45) is 7.05 Å². The summed E-state index contributed by atoms with van der Waals surface area (Å²) in [5, 5.41) is 4.99. The fraction of sp³-hybridized carbons (Fsp3) is 0.278. The lowest BCUT2D eigenvalue weighted by molar-refractivity contribution is 0.0979. The number of carbonyl (C=O) groups is 1. The summed E-state index contributed by atoms with van der Waals surface area (Å²) in [5.74, 6) is 0.0299. The van der Waals surface area contributed by atoms with Crippen LogP contribution in [0.5, 0.6) is 0 Å². The van der Waals surface area contributed by atoms with Crippen LogP contribution >= 0.6 is 11.3 Å². The third-order valence-corrected chi connectivity index (χ3v) is 5.44. The van der Waals surface area contributed by atoms with E-state index in [4.69, 9.17) is 0 Å². The number of benzene rings is 1. The first-order valence-electron chi connectivity index (χ1n) is 8.00. The number of thiazole rings is 1. The lowest BCUT2D eigenvalue weighted by Gasteiger charge is -2.34. The molecule has 0 radical (unpaired) electrons. The standard InChI is InChI=1S/C18H18N4OS/c1-12-7-8-13-5-3-4-6-15(13)22(12)18(23)16-10-19-17(24-16)14-9-20-21(2)11-14/h3-6,9-12H,7-8H2,1-2H3/t12-/m0/s1. The molecule has 3 heterocycles. The van der Waals surface area contributed by atoms with Crippen molar-refractivity contribution in [1.82, 2.24) is 14.8 Å². The number of hydrogen-bond donors (Lipinski definition) is 0. The Morgan fingerprint density at radius 1 is 1.29 bits per heavy atom. The third kappa shape index (κ3) is 2.53. The van der Waals surface area contributed by atoms with Crippen LogP contribution in [0.25, 0.3) is 10.6 Å². The highest BCUT2D eigenvalue weighted by Gasteiger charge is 2.29. The number of para-hydroxylation sites is 1. The minimum atomic E-state index is 0.0299. The zero-order valence-electron chi connectivity index (χ0n) is 13.6. The molecule has 1 amide bonds. The summed E-state index contributed by atoms with van der Waals surface area (Å²) < 4.78 is 1.74. The van der Waals surface area contributed by atoms with E-state index < -0.39 is 0 Å². The van der Waals surface area contributed by atoms with Gasteiger partial charge in [0.15, 0.2) is 0 Å². The summed E-state index contributed by atoms with van der Waals surface area (Å²) in [6, 6.07) is 8.35. The predicted molar refractivity (Wildman–Crippen MR) is 95.4 cm³/mol. The van der Waals surface area contributed by atoms with Crippen LogP contribution in [0.3, 0.4) is 0 Å².